The molecule has 9 heavy (non-hydrogen) atoms. The summed E-state index contributed by atoms with van der Waals surface area (Å²) in [4.78, 5) is 0. The molecule has 2 heteroatoms. The standard InChI is InChI=1S/C7H12OS/c1-5-4-8-6-2-3-9-7(5)6/h5-7H,2-4H2,1H3. The number of hydrogen-bond donors (Lipinski definition) is 0. The minimum absolute atomic E-state index is 0.616. The van der Waals surface area contributed by atoms with Crippen molar-refractivity contribution < 1.29 is 4.74 Å². The maximum atomic E-state index is 5.57. The smallest absolute Gasteiger partial charge is 0.0705 e. The predicted molar refractivity (Wildman–Crippen MR) is 39.8 cm³/mol. The molecule has 2 aliphatic rings. The van der Waals surface area contributed by atoms with Crippen molar-refractivity contribution in [2.45, 2.75) is 24.7 Å². The molecule has 2 aliphatic heterocycles. The summed E-state index contributed by atoms with van der Waals surface area (Å²) in [5.74, 6) is 2.13. The molecule has 0 N–H and O–H groups in total. The first kappa shape index (κ1) is 6.05. The van der Waals surface area contributed by atoms with Crippen LogP contribution in [-0.2, 0) is 4.74 Å². The average molecular weight is 144 g/mol. The fourth-order valence-electron chi connectivity index (χ4n) is 1.67. The zero-order valence-electron chi connectivity index (χ0n) is 5.67. The van der Waals surface area contributed by atoms with Crippen LogP contribution in [0.5, 0.6) is 0 Å². The van der Waals surface area contributed by atoms with E-state index in [-0.39, 0.29) is 0 Å². The van der Waals surface area contributed by atoms with Crippen molar-refractivity contribution in [1.82, 2.24) is 0 Å². The molecule has 0 saturated carbocycles. The minimum Gasteiger partial charge on any atom is -0.377 e. The lowest BCUT2D eigenvalue weighted by Gasteiger charge is -2.08. The molecule has 3 unspecified atom stereocenters. The van der Waals surface area contributed by atoms with E-state index in [1.807, 2.05) is 0 Å². The van der Waals surface area contributed by atoms with E-state index in [4.69, 9.17) is 4.74 Å². The molecule has 1 nitrogen and oxygen atoms in total. The van der Waals surface area contributed by atoms with Crippen molar-refractivity contribution >= 4 is 11.8 Å². The van der Waals surface area contributed by atoms with Gasteiger partial charge in [-0.05, 0) is 18.1 Å². The highest BCUT2D eigenvalue weighted by Crippen LogP contribution is 2.38. The fourth-order valence-corrected chi connectivity index (χ4v) is 3.15. The summed E-state index contributed by atoms with van der Waals surface area (Å²) in [6.45, 7) is 3.30. The van der Waals surface area contributed by atoms with Crippen molar-refractivity contribution in [2.24, 2.45) is 5.92 Å². The van der Waals surface area contributed by atoms with Crippen LogP contribution in [0.3, 0.4) is 0 Å². The number of thioether (sulfide) groups is 1. The van der Waals surface area contributed by atoms with Gasteiger partial charge in [0.2, 0.25) is 0 Å². The molecule has 0 spiro atoms. The molecular formula is C7H12OS. The second kappa shape index (κ2) is 2.17. The minimum atomic E-state index is 0.616. The van der Waals surface area contributed by atoms with E-state index in [1.165, 1.54) is 12.2 Å². The van der Waals surface area contributed by atoms with Gasteiger partial charge in [0.05, 0.1) is 12.7 Å². The lowest BCUT2D eigenvalue weighted by Crippen LogP contribution is -2.15. The van der Waals surface area contributed by atoms with Gasteiger partial charge >= 0.3 is 0 Å². The summed E-state index contributed by atoms with van der Waals surface area (Å²) < 4.78 is 5.57. The highest BCUT2D eigenvalue weighted by Gasteiger charge is 2.38. The van der Waals surface area contributed by atoms with E-state index >= 15 is 0 Å². The molecule has 0 amide bonds. The van der Waals surface area contributed by atoms with Crippen LogP contribution in [0.2, 0.25) is 0 Å². The Morgan fingerprint density at radius 3 is 3.22 bits per heavy atom. The number of ether oxygens (including phenoxy) is 1. The quantitative estimate of drug-likeness (QED) is 0.510. The summed E-state index contributed by atoms with van der Waals surface area (Å²) >= 11 is 2.10. The molecule has 2 rings (SSSR count). The van der Waals surface area contributed by atoms with Gasteiger partial charge in [-0.25, -0.2) is 0 Å². The van der Waals surface area contributed by atoms with E-state index in [9.17, 15) is 0 Å². The third-order valence-corrected chi connectivity index (χ3v) is 3.84. The van der Waals surface area contributed by atoms with E-state index in [1.54, 1.807) is 0 Å². The highest BCUT2D eigenvalue weighted by molar-refractivity contribution is 8.00. The van der Waals surface area contributed by atoms with Gasteiger partial charge in [0.15, 0.2) is 0 Å². The largest absolute Gasteiger partial charge is 0.377 e. The van der Waals surface area contributed by atoms with Gasteiger partial charge in [-0.2, -0.15) is 11.8 Å². The molecule has 0 radical (unpaired) electrons. The molecule has 3 atom stereocenters. The topological polar surface area (TPSA) is 9.23 Å². The van der Waals surface area contributed by atoms with E-state index in [2.05, 4.69) is 18.7 Å². The third kappa shape index (κ3) is 0.887. The van der Waals surface area contributed by atoms with Gasteiger partial charge < -0.3 is 4.74 Å². The first-order valence-electron chi connectivity index (χ1n) is 3.61. The van der Waals surface area contributed by atoms with Crippen LogP contribution in [0.4, 0.5) is 0 Å². The predicted octanol–water partition coefficient (Wildman–Crippen LogP) is 1.53. The first-order valence-corrected chi connectivity index (χ1v) is 4.66. The third-order valence-electron chi connectivity index (χ3n) is 2.21. The number of fused-ring (bicyclic) bond motifs is 1. The number of rotatable bonds is 0. The molecule has 0 aromatic heterocycles. The zero-order chi connectivity index (χ0) is 6.27. The maximum absolute atomic E-state index is 5.57. The summed E-state index contributed by atoms with van der Waals surface area (Å²) in [5.41, 5.74) is 0. The Morgan fingerprint density at radius 1 is 1.56 bits per heavy atom. The van der Waals surface area contributed by atoms with Crippen LogP contribution in [0, 0.1) is 5.92 Å². The van der Waals surface area contributed by atoms with Gasteiger partial charge in [0.1, 0.15) is 0 Å². The number of hydrogen-bond acceptors (Lipinski definition) is 2. The van der Waals surface area contributed by atoms with Crippen LogP contribution in [0.1, 0.15) is 13.3 Å². The van der Waals surface area contributed by atoms with E-state index in [0.717, 1.165) is 17.8 Å². The van der Waals surface area contributed by atoms with Crippen molar-refractivity contribution in [3.05, 3.63) is 0 Å². The van der Waals surface area contributed by atoms with E-state index in [0.29, 0.717) is 6.10 Å². The molecule has 0 aromatic rings. The van der Waals surface area contributed by atoms with Gasteiger partial charge in [0, 0.05) is 5.25 Å². The van der Waals surface area contributed by atoms with Gasteiger partial charge in [0.25, 0.3) is 0 Å². The van der Waals surface area contributed by atoms with Gasteiger partial charge in [-0.1, -0.05) is 6.92 Å². The second-order valence-corrected chi connectivity index (χ2v) is 4.26. The Morgan fingerprint density at radius 2 is 2.44 bits per heavy atom. The van der Waals surface area contributed by atoms with Crippen molar-refractivity contribution in [2.75, 3.05) is 12.4 Å². The monoisotopic (exact) mass is 144 g/mol. The zero-order valence-corrected chi connectivity index (χ0v) is 6.49. The Hall–Kier alpha value is 0.310. The molecular weight excluding hydrogens is 132 g/mol. The highest BCUT2D eigenvalue weighted by atomic mass is 32.2. The molecule has 2 saturated heterocycles. The molecule has 0 aliphatic carbocycles. The molecule has 2 fully saturated rings. The summed E-state index contributed by atoms with van der Waals surface area (Å²) in [6.07, 6.45) is 1.91. The molecule has 0 bridgehead atoms. The van der Waals surface area contributed by atoms with Crippen LogP contribution < -0.4 is 0 Å². The lowest BCUT2D eigenvalue weighted by atomic mass is 10.1. The average Bonchev–Trinajstić information content (AvgIpc) is 2.35. The fraction of sp³-hybridized carbons (Fsp3) is 1.00. The van der Waals surface area contributed by atoms with Crippen molar-refractivity contribution in [3.8, 4) is 0 Å². The van der Waals surface area contributed by atoms with Crippen LogP contribution >= 0.6 is 11.8 Å². The van der Waals surface area contributed by atoms with Gasteiger partial charge in [-0.15, -0.1) is 0 Å². The van der Waals surface area contributed by atoms with Crippen LogP contribution in [-0.4, -0.2) is 23.7 Å². The summed E-state index contributed by atoms with van der Waals surface area (Å²) in [5, 5.41) is 0.838. The van der Waals surface area contributed by atoms with Crippen LogP contribution in [0.25, 0.3) is 0 Å². The Bertz CT molecular complexity index is 115. The summed E-state index contributed by atoms with van der Waals surface area (Å²) in [6, 6.07) is 0. The normalized spacial score (nSPS) is 49.7. The SMILES string of the molecule is CC1COC2CCSC12. The summed E-state index contributed by atoms with van der Waals surface area (Å²) in [7, 11) is 0. The van der Waals surface area contributed by atoms with Crippen molar-refractivity contribution in [1.29, 1.82) is 0 Å². The lowest BCUT2D eigenvalue weighted by molar-refractivity contribution is 0.110. The Kier molecular flexibility index (Phi) is 1.46. The molecule has 52 valence electrons. The molecule has 2 heterocycles. The van der Waals surface area contributed by atoms with Crippen LogP contribution in [0.15, 0.2) is 0 Å². The van der Waals surface area contributed by atoms with Gasteiger partial charge in [-0.3, -0.25) is 0 Å². The maximum Gasteiger partial charge on any atom is 0.0705 e. The van der Waals surface area contributed by atoms with E-state index < -0.39 is 0 Å². The Labute approximate surface area is 60.2 Å². The Balaban J connectivity index is 2.07. The molecule has 0 aromatic carbocycles. The first-order chi connectivity index (χ1) is 4.38. The van der Waals surface area contributed by atoms with Crippen molar-refractivity contribution in [3.63, 3.8) is 0 Å². The second-order valence-electron chi connectivity index (χ2n) is 2.97.